The second-order valence-electron chi connectivity index (χ2n) is 3.89. The van der Waals surface area contributed by atoms with Gasteiger partial charge in [-0.15, -0.1) is 0 Å². The molecule has 5 heteroatoms. The van der Waals surface area contributed by atoms with Gasteiger partial charge in [-0.25, -0.2) is 9.67 Å². The quantitative estimate of drug-likeness (QED) is 0.727. The normalized spacial score (nSPS) is 20.8. The van der Waals surface area contributed by atoms with Gasteiger partial charge in [0.25, 0.3) is 0 Å². The number of hydrogen-bond donors (Lipinski definition) is 0. The summed E-state index contributed by atoms with van der Waals surface area (Å²) in [7, 11) is 0. The third-order valence-electron chi connectivity index (χ3n) is 2.65. The van der Waals surface area contributed by atoms with E-state index in [1.165, 1.54) is 0 Å². The van der Waals surface area contributed by atoms with E-state index in [0.717, 1.165) is 12.2 Å². The summed E-state index contributed by atoms with van der Waals surface area (Å²) in [5.41, 5.74) is 0. The van der Waals surface area contributed by atoms with Gasteiger partial charge in [-0.1, -0.05) is 0 Å². The highest BCUT2D eigenvalue weighted by molar-refractivity contribution is 5.81. The van der Waals surface area contributed by atoms with E-state index in [1.807, 2.05) is 13.8 Å². The maximum atomic E-state index is 11.8. The molecule has 0 saturated carbocycles. The van der Waals surface area contributed by atoms with Crippen LogP contribution < -0.4 is 0 Å². The Hall–Kier alpha value is -1.23. The lowest BCUT2D eigenvalue weighted by Crippen LogP contribution is -2.21. The van der Waals surface area contributed by atoms with Crippen molar-refractivity contribution in [2.45, 2.75) is 26.8 Å². The van der Waals surface area contributed by atoms with E-state index in [1.54, 1.807) is 4.68 Å². The standard InChI is InChI=1S/C10H15N3O2/c1-7-11-8(2)13(12-7)5-10(14)9-3-4-15-6-9/h9H,3-6H2,1-2H3. The molecule has 0 bridgehead atoms. The van der Waals surface area contributed by atoms with Gasteiger partial charge in [0.1, 0.15) is 18.2 Å². The maximum absolute atomic E-state index is 11.8. The van der Waals surface area contributed by atoms with Crippen LogP contribution in [0.3, 0.4) is 0 Å². The molecule has 82 valence electrons. The van der Waals surface area contributed by atoms with Crippen LogP contribution in [0.4, 0.5) is 0 Å². The lowest BCUT2D eigenvalue weighted by atomic mass is 10.0. The van der Waals surface area contributed by atoms with Crippen LogP contribution in [0.2, 0.25) is 0 Å². The first kappa shape index (κ1) is 10.3. The summed E-state index contributed by atoms with van der Waals surface area (Å²) in [6, 6.07) is 0. The average Bonchev–Trinajstić information content (AvgIpc) is 2.76. The Morgan fingerprint density at radius 2 is 2.40 bits per heavy atom. The third kappa shape index (κ3) is 2.23. The van der Waals surface area contributed by atoms with E-state index in [-0.39, 0.29) is 11.7 Å². The molecule has 1 aromatic rings. The number of aryl methyl sites for hydroxylation is 2. The first-order valence-electron chi connectivity index (χ1n) is 5.15. The predicted molar refractivity (Wildman–Crippen MR) is 53.4 cm³/mol. The number of aromatic nitrogens is 3. The summed E-state index contributed by atoms with van der Waals surface area (Å²) in [5, 5.41) is 4.17. The largest absolute Gasteiger partial charge is 0.381 e. The Labute approximate surface area is 88.4 Å². The molecular formula is C10H15N3O2. The van der Waals surface area contributed by atoms with Gasteiger partial charge in [0.05, 0.1) is 6.61 Å². The van der Waals surface area contributed by atoms with Gasteiger partial charge in [-0.2, -0.15) is 5.10 Å². The molecule has 0 aromatic carbocycles. The number of rotatable bonds is 3. The number of ether oxygens (including phenoxy) is 1. The van der Waals surface area contributed by atoms with E-state index in [2.05, 4.69) is 10.1 Å². The smallest absolute Gasteiger partial charge is 0.159 e. The Bertz CT molecular complexity index is 367. The molecule has 1 atom stereocenters. The van der Waals surface area contributed by atoms with Crippen LogP contribution in [0, 0.1) is 19.8 Å². The van der Waals surface area contributed by atoms with Gasteiger partial charge in [0.15, 0.2) is 5.78 Å². The van der Waals surface area contributed by atoms with E-state index in [9.17, 15) is 4.79 Å². The van der Waals surface area contributed by atoms with E-state index in [0.29, 0.717) is 25.6 Å². The zero-order chi connectivity index (χ0) is 10.8. The van der Waals surface area contributed by atoms with Crippen molar-refractivity contribution in [3.8, 4) is 0 Å². The topological polar surface area (TPSA) is 57.0 Å². The SMILES string of the molecule is Cc1nc(C)n(CC(=O)C2CCOC2)n1. The molecule has 1 fully saturated rings. The number of Topliss-reactive ketones (excluding diaryl/α,β-unsaturated/α-hetero) is 1. The lowest BCUT2D eigenvalue weighted by Gasteiger charge is -2.06. The molecule has 1 unspecified atom stereocenters. The highest BCUT2D eigenvalue weighted by Crippen LogP contribution is 2.14. The van der Waals surface area contributed by atoms with Crippen LogP contribution in [-0.2, 0) is 16.1 Å². The second kappa shape index (κ2) is 4.10. The second-order valence-corrected chi connectivity index (χ2v) is 3.89. The molecule has 15 heavy (non-hydrogen) atoms. The highest BCUT2D eigenvalue weighted by atomic mass is 16.5. The molecular weight excluding hydrogens is 194 g/mol. The average molecular weight is 209 g/mol. The third-order valence-corrected chi connectivity index (χ3v) is 2.65. The van der Waals surface area contributed by atoms with Crippen LogP contribution in [0.15, 0.2) is 0 Å². The fourth-order valence-electron chi connectivity index (χ4n) is 1.78. The summed E-state index contributed by atoms with van der Waals surface area (Å²) in [6.07, 6.45) is 0.839. The van der Waals surface area contributed by atoms with Gasteiger partial charge in [0.2, 0.25) is 0 Å². The van der Waals surface area contributed by atoms with Crippen molar-refractivity contribution in [1.82, 2.24) is 14.8 Å². The van der Waals surface area contributed by atoms with Crippen molar-refractivity contribution in [3.63, 3.8) is 0 Å². The van der Waals surface area contributed by atoms with Gasteiger partial charge in [-0.3, -0.25) is 4.79 Å². The molecule has 1 aliphatic rings. The maximum Gasteiger partial charge on any atom is 0.159 e. The Kier molecular flexibility index (Phi) is 2.81. The number of hydrogen-bond acceptors (Lipinski definition) is 4. The Morgan fingerprint density at radius 1 is 1.60 bits per heavy atom. The zero-order valence-electron chi connectivity index (χ0n) is 9.06. The Morgan fingerprint density at radius 3 is 2.93 bits per heavy atom. The molecule has 1 saturated heterocycles. The van der Waals surface area contributed by atoms with Gasteiger partial charge in [0, 0.05) is 12.5 Å². The molecule has 0 N–H and O–H groups in total. The summed E-state index contributed by atoms with van der Waals surface area (Å²) >= 11 is 0. The van der Waals surface area contributed by atoms with Crippen molar-refractivity contribution in [1.29, 1.82) is 0 Å². The fraction of sp³-hybridized carbons (Fsp3) is 0.700. The zero-order valence-corrected chi connectivity index (χ0v) is 9.06. The van der Waals surface area contributed by atoms with E-state index < -0.39 is 0 Å². The number of carbonyl (C=O) groups excluding carboxylic acids is 1. The molecule has 0 radical (unpaired) electrons. The minimum Gasteiger partial charge on any atom is -0.381 e. The number of nitrogens with zero attached hydrogens (tertiary/aromatic N) is 3. The highest BCUT2D eigenvalue weighted by Gasteiger charge is 2.24. The van der Waals surface area contributed by atoms with Gasteiger partial charge >= 0.3 is 0 Å². The first-order chi connectivity index (χ1) is 7.16. The summed E-state index contributed by atoms with van der Waals surface area (Å²) in [6.45, 7) is 5.27. The van der Waals surface area contributed by atoms with Crippen molar-refractivity contribution in [3.05, 3.63) is 11.6 Å². The molecule has 0 aliphatic carbocycles. The lowest BCUT2D eigenvalue weighted by molar-refractivity contribution is -0.123. The van der Waals surface area contributed by atoms with E-state index >= 15 is 0 Å². The first-order valence-corrected chi connectivity index (χ1v) is 5.15. The molecule has 1 aliphatic heterocycles. The van der Waals surface area contributed by atoms with Crippen molar-refractivity contribution < 1.29 is 9.53 Å². The summed E-state index contributed by atoms with van der Waals surface area (Å²) in [4.78, 5) is 16.0. The molecule has 0 amide bonds. The van der Waals surface area contributed by atoms with Crippen molar-refractivity contribution in [2.24, 2.45) is 5.92 Å². The molecule has 2 rings (SSSR count). The Balaban J connectivity index is 2.01. The van der Waals surface area contributed by atoms with Crippen molar-refractivity contribution in [2.75, 3.05) is 13.2 Å². The summed E-state index contributed by atoms with van der Waals surface area (Å²) < 4.78 is 6.85. The fourth-order valence-corrected chi connectivity index (χ4v) is 1.78. The minimum absolute atomic E-state index is 0.0499. The molecule has 2 heterocycles. The van der Waals surface area contributed by atoms with Crippen molar-refractivity contribution >= 4 is 5.78 Å². The van der Waals surface area contributed by atoms with Gasteiger partial charge < -0.3 is 4.74 Å². The number of carbonyl (C=O) groups is 1. The minimum atomic E-state index is 0.0499. The molecule has 1 aromatic heterocycles. The molecule has 5 nitrogen and oxygen atoms in total. The monoisotopic (exact) mass is 209 g/mol. The van der Waals surface area contributed by atoms with Crippen LogP contribution in [-0.4, -0.2) is 33.8 Å². The van der Waals surface area contributed by atoms with Gasteiger partial charge in [-0.05, 0) is 20.3 Å². The van der Waals surface area contributed by atoms with Crippen LogP contribution in [0.1, 0.15) is 18.1 Å². The summed E-state index contributed by atoms with van der Waals surface area (Å²) in [5.74, 6) is 1.75. The van der Waals surface area contributed by atoms with Crippen LogP contribution in [0.25, 0.3) is 0 Å². The van der Waals surface area contributed by atoms with E-state index in [4.69, 9.17) is 4.74 Å². The molecule has 0 spiro atoms. The van der Waals surface area contributed by atoms with Crippen LogP contribution in [0.5, 0.6) is 0 Å². The number of ketones is 1. The predicted octanol–water partition coefficient (Wildman–Crippen LogP) is 0.501. The van der Waals surface area contributed by atoms with Crippen LogP contribution >= 0.6 is 0 Å².